The van der Waals surface area contributed by atoms with Crippen LogP contribution in [0.4, 0.5) is 8.78 Å². The Morgan fingerprint density at radius 3 is 2.76 bits per heavy atom. The Kier molecular flexibility index (Phi) is 3.48. The second kappa shape index (κ2) is 4.73. The van der Waals surface area contributed by atoms with E-state index in [1.165, 1.54) is 24.6 Å². The molecule has 1 saturated heterocycles. The van der Waals surface area contributed by atoms with Crippen molar-refractivity contribution >= 4 is 0 Å². The zero-order valence-corrected chi connectivity index (χ0v) is 10.5. The second-order valence-electron chi connectivity index (χ2n) is 5.29. The van der Waals surface area contributed by atoms with Crippen LogP contribution in [0.1, 0.15) is 31.7 Å². The molecule has 1 aromatic rings. The van der Waals surface area contributed by atoms with Gasteiger partial charge in [-0.3, -0.25) is 0 Å². The number of likely N-dealkylation sites (N-methyl/N-ethyl adjacent to an activating group) is 1. The summed E-state index contributed by atoms with van der Waals surface area (Å²) in [6, 6.07) is 3.71. The minimum atomic E-state index is -0.358. The number of nitrogens with zero attached hydrogens (tertiary/aromatic N) is 1. The highest BCUT2D eigenvalue weighted by Gasteiger charge is 2.32. The molecule has 94 valence electrons. The fraction of sp³-hybridized carbons (Fsp3) is 0.571. The molecular weight excluding hydrogens is 220 g/mol. The van der Waals surface area contributed by atoms with Crippen LogP contribution in [0.15, 0.2) is 18.2 Å². The first-order valence-electron chi connectivity index (χ1n) is 6.16. The number of hydrogen-bond donors (Lipinski definition) is 0. The lowest BCUT2D eigenvalue weighted by molar-refractivity contribution is 0.0892. The van der Waals surface area contributed by atoms with Gasteiger partial charge in [0.2, 0.25) is 0 Å². The number of benzene rings is 1. The maximum absolute atomic E-state index is 13.6. The van der Waals surface area contributed by atoms with Crippen molar-refractivity contribution in [1.82, 2.24) is 4.90 Å². The standard InChI is InChI=1S/C14H19F2N/c1-14(7-3-4-8-17(14)2)10-11-9-12(15)5-6-13(11)16/h5-6,9H,3-4,7-8,10H2,1-2H3. The van der Waals surface area contributed by atoms with E-state index in [4.69, 9.17) is 0 Å². The zero-order valence-electron chi connectivity index (χ0n) is 10.5. The van der Waals surface area contributed by atoms with Crippen molar-refractivity contribution in [2.45, 2.75) is 38.1 Å². The quantitative estimate of drug-likeness (QED) is 0.764. The number of halogens is 2. The van der Waals surface area contributed by atoms with Crippen LogP contribution in [0.2, 0.25) is 0 Å². The van der Waals surface area contributed by atoms with Gasteiger partial charge in [-0.25, -0.2) is 8.78 Å². The van der Waals surface area contributed by atoms with Crippen LogP contribution in [-0.2, 0) is 6.42 Å². The summed E-state index contributed by atoms with van der Waals surface area (Å²) in [4.78, 5) is 2.26. The lowest BCUT2D eigenvalue weighted by Gasteiger charge is -2.43. The van der Waals surface area contributed by atoms with E-state index >= 15 is 0 Å². The summed E-state index contributed by atoms with van der Waals surface area (Å²) < 4.78 is 26.8. The normalized spacial score (nSPS) is 26.1. The van der Waals surface area contributed by atoms with Gasteiger partial charge in [0.05, 0.1) is 0 Å². The smallest absolute Gasteiger partial charge is 0.126 e. The van der Waals surface area contributed by atoms with Gasteiger partial charge in [-0.2, -0.15) is 0 Å². The van der Waals surface area contributed by atoms with Crippen LogP contribution in [0, 0.1) is 11.6 Å². The molecule has 1 fully saturated rings. The largest absolute Gasteiger partial charge is 0.301 e. The molecule has 1 aromatic carbocycles. The van der Waals surface area contributed by atoms with Crippen molar-refractivity contribution in [3.63, 3.8) is 0 Å². The van der Waals surface area contributed by atoms with E-state index in [9.17, 15) is 8.78 Å². The maximum Gasteiger partial charge on any atom is 0.126 e. The third-order valence-electron chi connectivity index (χ3n) is 3.96. The van der Waals surface area contributed by atoms with Gasteiger partial charge in [0.1, 0.15) is 11.6 Å². The first kappa shape index (κ1) is 12.5. The van der Waals surface area contributed by atoms with Gasteiger partial charge in [0.15, 0.2) is 0 Å². The lowest BCUT2D eigenvalue weighted by Crippen LogP contribution is -2.48. The van der Waals surface area contributed by atoms with Crippen LogP contribution in [0.5, 0.6) is 0 Å². The fourth-order valence-electron chi connectivity index (χ4n) is 2.63. The topological polar surface area (TPSA) is 3.24 Å². The highest BCUT2D eigenvalue weighted by atomic mass is 19.1. The monoisotopic (exact) mass is 239 g/mol. The highest BCUT2D eigenvalue weighted by molar-refractivity contribution is 5.21. The molecule has 0 bridgehead atoms. The van der Waals surface area contributed by atoms with Crippen molar-refractivity contribution in [3.8, 4) is 0 Å². The van der Waals surface area contributed by atoms with Gasteiger partial charge in [-0.15, -0.1) is 0 Å². The molecule has 1 nitrogen and oxygen atoms in total. The molecule has 0 radical (unpaired) electrons. The SMILES string of the molecule is CN1CCCCC1(C)Cc1cc(F)ccc1F. The van der Waals surface area contributed by atoms with Gasteiger partial charge in [-0.1, -0.05) is 6.42 Å². The molecule has 3 heteroatoms. The van der Waals surface area contributed by atoms with Crippen LogP contribution >= 0.6 is 0 Å². The van der Waals surface area contributed by atoms with E-state index in [0.717, 1.165) is 19.4 Å². The Labute approximate surface area is 101 Å². The lowest BCUT2D eigenvalue weighted by atomic mass is 9.83. The van der Waals surface area contributed by atoms with E-state index < -0.39 is 0 Å². The summed E-state index contributed by atoms with van der Waals surface area (Å²) in [6.07, 6.45) is 3.97. The average molecular weight is 239 g/mol. The minimum absolute atomic E-state index is 0.0487. The summed E-state index contributed by atoms with van der Waals surface area (Å²) in [6.45, 7) is 3.17. The third-order valence-corrected chi connectivity index (χ3v) is 3.96. The van der Waals surface area contributed by atoms with Crippen molar-refractivity contribution in [1.29, 1.82) is 0 Å². The first-order valence-corrected chi connectivity index (χ1v) is 6.16. The Balaban J connectivity index is 2.21. The molecule has 0 aliphatic carbocycles. The predicted octanol–water partition coefficient (Wildman–Crippen LogP) is 3.38. The summed E-state index contributed by atoms with van der Waals surface area (Å²) >= 11 is 0. The van der Waals surface area contributed by atoms with Crippen molar-refractivity contribution in [2.75, 3.05) is 13.6 Å². The third kappa shape index (κ3) is 2.65. The molecular formula is C14H19F2N. The summed E-state index contributed by atoms with van der Waals surface area (Å²) in [5.74, 6) is -0.657. The highest BCUT2D eigenvalue weighted by Crippen LogP contribution is 2.30. The van der Waals surface area contributed by atoms with E-state index in [1.54, 1.807) is 0 Å². The maximum atomic E-state index is 13.6. The van der Waals surface area contributed by atoms with Gasteiger partial charge >= 0.3 is 0 Å². The van der Waals surface area contributed by atoms with Gasteiger partial charge in [-0.05, 0) is 63.5 Å². The molecule has 1 aliphatic heterocycles. The molecule has 0 N–H and O–H groups in total. The molecule has 1 unspecified atom stereocenters. The van der Waals surface area contributed by atoms with Crippen molar-refractivity contribution in [3.05, 3.63) is 35.4 Å². The van der Waals surface area contributed by atoms with E-state index in [-0.39, 0.29) is 17.2 Å². The number of piperidine rings is 1. The number of likely N-dealkylation sites (tertiary alicyclic amines) is 1. The Morgan fingerprint density at radius 2 is 2.06 bits per heavy atom. The summed E-state index contributed by atoms with van der Waals surface area (Å²) in [5, 5.41) is 0. The van der Waals surface area contributed by atoms with Crippen LogP contribution in [-0.4, -0.2) is 24.0 Å². The van der Waals surface area contributed by atoms with Crippen molar-refractivity contribution in [2.24, 2.45) is 0 Å². The molecule has 17 heavy (non-hydrogen) atoms. The molecule has 2 rings (SSSR count). The number of rotatable bonds is 2. The minimum Gasteiger partial charge on any atom is -0.301 e. The van der Waals surface area contributed by atoms with E-state index in [2.05, 4.69) is 18.9 Å². The Bertz CT molecular complexity index is 405. The first-order chi connectivity index (χ1) is 8.01. The van der Waals surface area contributed by atoms with E-state index in [1.807, 2.05) is 0 Å². The van der Waals surface area contributed by atoms with Crippen LogP contribution < -0.4 is 0 Å². The zero-order chi connectivity index (χ0) is 12.5. The molecule has 0 spiro atoms. The van der Waals surface area contributed by atoms with Crippen LogP contribution in [0.3, 0.4) is 0 Å². The predicted molar refractivity (Wildman–Crippen MR) is 64.9 cm³/mol. The van der Waals surface area contributed by atoms with Gasteiger partial charge < -0.3 is 4.90 Å². The van der Waals surface area contributed by atoms with Gasteiger partial charge in [0.25, 0.3) is 0 Å². The molecule has 0 aromatic heterocycles. The van der Waals surface area contributed by atoms with Crippen LogP contribution in [0.25, 0.3) is 0 Å². The summed E-state index contributed by atoms with van der Waals surface area (Å²) in [5.41, 5.74) is 0.439. The molecule has 0 amide bonds. The molecule has 1 aliphatic rings. The van der Waals surface area contributed by atoms with Gasteiger partial charge in [0, 0.05) is 5.54 Å². The number of hydrogen-bond acceptors (Lipinski definition) is 1. The molecule has 1 atom stereocenters. The molecule has 1 heterocycles. The Morgan fingerprint density at radius 1 is 1.29 bits per heavy atom. The average Bonchev–Trinajstić information content (AvgIpc) is 2.28. The Hall–Kier alpha value is -0.960. The van der Waals surface area contributed by atoms with E-state index in [0.29, 0.717) is 12.0 Å². The second-order valence-corrected chi connectivity index (χ2v) is 5.29. The fourth-order valence-corrected chi connectivity index (χ4v) is 2.63. The molecule has 0 saturated carbocycles. The van der Waals surface area contributed by atoms with Crippen molar-refractivity contribution < 1.29 is 8.78 Å². The summed E-state index contributed by atoms with van der Waals surface area (Å²) in [7, 11) is 2.07.